The lowest BCUT2D eigenvalue weighted by molar-refractivity contribution is 0.449. The molecule has 1 aliphatic heterocycles. The zero-order chi connectivity index (χ0) is 20.5. The first-order chi connectivity index (χ1) is 14.7. The lowest BCUT2D eigenvalue weighted by atomic mass is 10.1. The predicted molar refractivity (Wildman–Crippen MR) is 119 cm³/mol. The summed E-state index contributed by atoms with van der Waals surface area (Å²) in [6.07, 6.45) is 6.24. The highest BCUT2D eigenvalue weighted by Crippen LogP contribution is 2.30. The molecule has 0 saturated carbocycles. The minimum absolute atomic E-state index is 0.518. The van der Waals surface area contributed by atoms with Gasteiger partial charge in [-0.05, 0) is 57.1 Å². The Balaban J connectivity index is 1.52. The highest BCUT2D eigenvalue weighted by atomic mass is 15.2. The van der Waals surface area contributed by atoms with Crippen molar-refractivity contribution in [3.63, 3.8) is 0 Å². The lowest BCUT2D eigenvalue weighted by Crippen LogP contribution is -2.44. The molecular weight excluding hydrogens is 374 g/mol. The van der Waals surface area contributed by atoms with Crippen molar-refractivity contribution < 1.29 is 0 Å². The topological polar surface area (TPSA) is 82.6 Å². The molecule has 1 aliphatic rings. The normalized spacial score (nSPS) is 16.9. The Kier molecular flexibility index (Phi) is 4.88. The summed E-state index contributed by atoms with van der Waals surface area (Å²) >= 11 is 0. The van der Waals surface area contributed by atoms with Crippen LogP contribution in [0.5, 0.6) is 0 Å². The number of hydrogen-bond acceptors (Lipinski definition) is 6. The molecular formula is C23H25N7. The minimum Gasteiger partial charge on any atom is -0.369 e. The second-order valence-electron chi connectivity index (χ2n) is 7.81. The highest BCUT2D eigenvalue weighted by molar-refractivity contribution is 5.84. The molecule has 7 heteroatoms. The van der Waals surface area contributed by atoms with Crippen molar-refractivity contribution in [2.24, 2.45) is 0 Å². The van der Waals surface area contributed by atoms with Gasteiger partial charge in [0, 0.05) is 36.6 Å². The summed E-state index contributed by atoms with van der Waals surface area (Å²) in [7, 11) is 2.03. The first-order valence-corrected chi connectivity index (χ1v) is 10.4. The third kappa shape index (κ3) is 3.52. The number of aromatic amines is 1. The van der Waals surface area contributed by atoms with Crippen LogP contribution in [0.4, 0.5) is 5.69 Å². The molecule has 0 bridgehead atoms. The molecule has 4 aromatic rings. The maximum atomic E-state index is 4.93. The van der Waals surface area contributed by atoms with Crippen LogP contribution in [0, 0.1) is 6.92 Å². The smallest absolute Gasteiger partial charge is 0.120 e. The summed E-state index contributed by atoms with van der Waals surface area (Å²) in [4.78, 5) is 16.6. The molecule has 0 aliphatic carbocycles. The van der Waals surface area contributed by atoms with Crippen molar-refractivity contribution >= 4 is 16.7 Å². The van der Waals surface area contributed by atoms with Gasteiger partial charge < -0.3 is 10.2 Å². The molecule has 0 amide bonds. The number of rotatable bonds is 4. The summed E-state index contributed by atoms with van der Waals surface area (Å²) in [5.41, 5.74) is 7.32. The van der Waals surface area contributed by atoms with E-state index in [9.17, 15) is 0 Å². The average Bonchev–Trinajstić information content (AvgIpc) is 3.28. The van der Waals surface area contributed by atoms with E-state index < -0.39 is 0 Å². The fourth-order valence-electron chi connectivity index (χ4n) is 4.12. The Morgan fingerprint density at radius 3 is 2.90 bits per heavy atom. The monoisotopic (exact) mass is 399 g/mol. The van der Waals surface area contributed by atoms with Gasteiger partial charge in [0.1, 0.15) is 5.69 Å². The van der Waals surface area contributed by atoms with E-state index in [-0.39, 0.29) is 0 Å². The fourth-order valence-corrected chi connectivity index (χ4v) is 4.12. The maximum absolute atomic E-state index is 4.93. The molecule has 152 valence electrons. The zero-order valence-electron chi connectivity index (χ0n) is 17.3. The standard InChI is InChI=1S/C23H25N7/c1-15-5-3-7-21(27-15)23-18(13-26-29-23)19-8-9-20-22(28-19)11-17(12-25-20)30-10-4-6-16(14-30)24-2/h3,5,7-9,11-13,16,24H,4,6,10,14H2,1-2H3,(H,26,29). The van der Waals surface area contributed by atoms with Gasteiger partial charge in [-0.25, -0.2) is 4.98 Å². The SMILES string of the molecule is CNC1CCCN(c2cnc3ccc(-c4c[nH]nc4-c4cccc(C)n4)nc3c2)C1. The Bertz CT molecular complexity index is 1180. The summed E-state index contributed by atoms with van der Waals surface area (Å²) in [5.74, 6) is 0. The largest absolute Gasteiger partial charge is 0.369 e. The molecule has 1 atom stereocenters. The number of H-pyrrole nitrogens is 1. The van der Waals surface area contributed by atoms with E-state index in [1.807, 2.05) is 56.7 Å². The van der Waals surface area contributed by atoms with Gasteiger partial charge in [0.2, 0.25) is 0 Å². The first kappa shape index (κ1) is 18.7. The predicted octanol–water partition coefficient (Wildman–Crippen LogP) is 3.58. The molecule has 1 saturated heterocycles. The number of aromatic nitrogens is 5. The van der Waals surface area contributed by atoms with E-state index in [4.69, 9.17) is 4.98 Å². The second kappa shape index (κ2) is 7.84. The van der Waals surface area contributed by atoms with Crippen molar-refractivity contribution in [1.29, 1.82) is 0 Å². The third-order valence-electron chi connectivity index (χ3n) is 5.76. The van der Waals surface area contributed by atoms with Gasteiger partial charge in [-0.1, -0.05) is 6.07 Å². The Hall–Kier alpha value is -3.32. The number of nitrogens with one attached hydrogen (secondary N) is 2. The highest BCUT2D eigenvalue weighted by Gasteiger charge is 2.20. The van der Waals surface area contributed by atoms with Crippen LogP contribution in [0.2, 0.25) is 0 Å². The van der Waals surface area contributed by atoms with Gasteiger partial charge in [-0.2, -0.15) is 5.10 Å². The van der Waals surface area contributed by atoms with Crippen molar-refractivity contribution in [2.45, 2.75) is 25.8 Å². The summed E-state index contributed by atoms with van der Waals surface area (Å²) in [6.45, 7) is 4.03. The first-order valence-electron chi connectivity index (χ1n) is 10.4. The van der Waals surface area contributed by atoms with Crippen LogP contribution < -0.4 is 10.2 Å². The summed E-state index contributed by atoms with van der Waals surface area (Å²) in [6, 6.07) is 12.6. The van der Waals surface area contributed by atoms with Crippen molar-refractivity contribution in [2.75, 3.05) is 25.0 Å². The van der Waals surface area contributed by atoms with Gasteiger partial charge in [0.15, 0.2) is 0 Å². The van der Waals surface area contributed by atoms with Gasteiger partial charge >= 0.3 is 0 Å². The zero-order valence-corrected chi connectivity index (χ0v) is 17.3. The van der Waals surface area contributed by atoms with Crippen molar-refractivity contribution in [1.82, 2.24) is 30.5 Å². The van der Waals surface area contributed by atoms with E-state index in [1.165, 1.54) is 12.8 Å². The van der Waals surface area contributed by atoms with Crippen LogP contribution in [0.15, 0.2) is 48.8 Å². The van der Waals surface area contributed by atoms with E-state index in [2.05, 4.69) is 36.4 Å². The van der Waals surface area contributed by atoms with Gasteiger partial charge in [0.25, 0.3) is 0 Å². The molecule has 4 aromatic heterocycles. The maximum Gasteiger partial charge on any atom is 0.120 e. The molecule has 2 N–H and O–H groups in total. The molecule has 7 nitrogen and oxygen atoms in total. The number of pyridine rings is 3. The van der Waals surface area contributed by atoms with Crippen LogP contribution in [-0.4, -0.2) is 51.3 Å². The Labute approximate surface area is 175 Å². The number of likely N-dealkylation sites (N-methyl/N-ethyl adjacent to an activating group) is 1. The Morgan fingerprint density at radius 1 is 1.10 bits per heavy atom. The molecule has 1 fully saturated rings. The summed E-state index contributed by atoms with van der Waals surface area (Å²) < 4.78 is 0. The number of piperidine rings is 1. The van der Waals surface area contributed by atoms with Gasteiger partial charge in [-0.3, -0.25) is 15.1 Å². The van der Waals surface area contributed by atoms with Crippen molar-refractivity contribution in [3.8, 4) is 22.6 Å². The van der Waals surface area contributed by atoms with Crippen LogP contribution in [0.1, 0.15) is 18.5 Å². The van der Waals surface area contributed by atoms with Gasteiger partial charge in [0.05, 0.1) is 34.3 Å². The second-order valence-corrected chi connectivity index (χ2v) is 7.81. The number of anilines is 1. The number of hydrogen-bond donors (Lipinski definition) is 2. The van der Waals surface area contributed by atoms with E-state index in [0.29, 0.717) is 6.04 Å². The summed E-state index contributed by atoms with van der Waals surface area (Å²) in [5, 5.41) is 10.8. The molecule has 1 unspecified atom stereocenters. The van der Waals surface area contributed by atoms with E-state index in [0.717, 1.165) is 58.1 Å². The molecule has 5 rings (SSSR count). The van der Waals surface area contributed by atoms with Crippen LogP contribution in [0.25, 0.3) is 33.7 Å². The Morgan fingerprint density at radius 2 is 2.03 bits per heavy atom. The third-order valence-corrected chi connectivity index (χ3v) is 5.76. The lowest BCUT2D eigenvalue weighted by Gasteiger charge is -2.34. The van der Waals surface area contributed by atoms with Crippen LogP contribution >= 0.6 is 0 Å². The van der Waals surface area contributed by atoms with Crippen LogP contribution in [-0.2, 0) is 0 Å². The van der Waals surface area contributed by atoms with Crippen LogP contribution in [0.3, 0.4) is 0 Å². The van der Waals surface area contributed by atoms with Gasteiger partial charge in [-0.15, -0.1) is 0 Å². The minimum atomic E-state index is 0.518. The van der Waals surface area contributed by atoms with Crippen molar-refractivity contribution in [3.05, 3.63) is 54.5 Å². The van der Waals surface area contributed by atoms with E-state index >= 15 is 0 Å². The molecule has 0 spiro atoms. The number of fused-ring (bicyclic) bond motifs is 1. The molecule has 5 heterocycles. The number of aryl methyl sites for hydroxylation is 1. The van der Waals surface area contributed by atoms with E-state index in [1.54, 1.807) is 0 Å². The molecule has 0 radical (unpaired) electrons. The molecule has 0 aromatic carbocycles. The fraction of sp³-hybridized carbons (Fsp3) is 0.304. The molecule has 30 heavy (non-hydrogen) atoms. The quantitative estimate of drug-likeness (QED) is 0.546. The number of nitrogens with zero attached hydrogens (tertiary/aromatic N) is 5. The average molecular weight is 400 g/mol.